The Morgan fingerprint density at radius 1 is 1.64 bits per heavy atom. The van der Waals surface area contributed by atoms with Crippen molar-refractivity contribution in [3.63, 3.8) is 0 Å². The Morgan fingerprint density at radius 3 is 3.21 bits per heavy atom. The summed E-state index contributed by atoms with van der Waals surface area (Å²) in [4.78, 5) is 4.33. The SMILES string of the molecule is CC(NC1=NCCCN1)c1ccco1. The highest BCUT2D eigenvalue weighted by Gasteiger charge is 2.11. The highest BCUT2D eigenvalue weighted by molar-refractivity contribution is 5.80. The van der Waals surface area contributed by atoms with Crippen LogP contribution in [0.5, 0.6) is 0 Å². The summed E-state index contributed by atoms with van der Waals surface area (Å²) in [6, 6.07) is 4.01. The van der Waals surface area contributed by atoms with E-state index in [0.717, 1.165) is 31.2 Å². The van der Waals surface area contributed by atoms with Gasteiger partial charge in [-0.3, -0.25) is 4.99 Å². The zero-order valence-corrected chi connectivity index (χ0v) is 8.29. The number of hydrogen-bond acceptors (Lipinski definition) is 4. The minimum Gasteiger partial charge on any atom is -0.467 e. The van der Waals surface area contributed by atoms with Gasteiger partial charge in [-0.1, -0.05) is 0 Å². The Kier molecular flexibility index (Phi) is 2.72. The van der Waals surface area contributed by atoms with Crippen molar-refractivity contribution in [2.24, 2.45) is 4.99 Å². The van der Waals surface area contributed by atoms with E-state index in [1.54, 1.807) is 6.26 Å². The first-order valence-corrected chi connectivity index (χ1v) is 4.94. The maximum atomic E-state index is 5.29. The molecule has 0 aromatic carbocycles. The molecule has 0 bridgehead atoms. The minimum atomic E-state index is 0.161. The fraction of sp³-hybridized carbons (Fsp3) is 0.500. The Labute approximate surface area is 83.4 Å². The second kappa shape index (κ2) is 4.17. The van der Waals surface area contributed by atoms with Crippen molar-refractivity contribution in [1.82, 2.24) is 10.6 Å². The van der Waals surface area contributed by atoms with Crippen LogP contribution in [0.1, 0.15) is 25.1 Å². The van der Waals surface area contributed by atoms with Gasteiger partial charge in [0.25, 0.3) is 0 Å². The average Bonchev–Trinajstić information content (AvgIpc) is 2.72. The monoisotopic (exact) mass is 193 g/mol. The van der Waals surface area contributed by atoms with Gasteiger partial charge in [-0.2, -0.15) is 0 Å². The molecule has 0 aliphatic carbocycles. The molecule has 1 aliphatic rings. The van der Waals surface area contributed by atoms with Crippen molar-refractivity contribution < 1.29 is 4.42 Å². The number of hydrogen-bond donors (Lipinski definition) is 2. The van der Waals surface area contributed by atoms with E-state index in [1.165, 1.54) is 0 Å². The molecule has 0 fully saturated rings. The topological polar surface area (TPSA) is 49.6 Å². The summed E-state index contributed by atoms with van der Waals surface area (Å²) in [6.07, 6.45) is 2.80. The molecule has 2 rings (SSSR count). The summed E-state index contributed by atoms with van der Waals surface area (Å²) in [5.74, 6) is 1.81. The second-order valence-electron chi connectivity index (χ2n) is 3.39. The quantitative estimate of drug-likeness (QED) is 0.744. The van der Waals surface area contributed by atoms with Crippen molar-refractivity contribution >= 4 is 5.96 Å². The van der Waals surface area contributed by atoms with Gasteiger partial charge in [-0.15, -0.1) is 0 Å². The summed E-state index contributed by atoms with van der Waals surface area (Å²) in [5.41, 5.74) is 0. The van der Waals surface area contributed by atoms with E-state index in [0.29, 0.717) is 0 Å². The van der Waals surface area contributed by atoms with Gasteiger partial charge in [0.1, 0.15) is 5.76 Å². The van der Waals surface area contributed by atoms with Crippen LogP contribution in [0.2, 0.25) is 0 Å². The van der Waals surface area contributed by atoms with E-state index < -0.39 is 0 Å². The third-order valence-corrected chi connectivity index (χ3v) is 2.22. The predicted molar refractivity (Wildman–Crippen MR) is 55.2 cm³/mol. The van der Waals surface area contributed by atoms with Crippen LogP contribution in [0.15, 0.2) is 27.8 Å². The van der Waals surface area contributed by atoms with Crippen LogP contribution in [0.3, 0.4) is 0 Å². The molecule has 0 saturated carbocycles. The largest absolute Gasteiger partial charge is 0.467 e. The van der Waals surface area contributed by atoms with Gasteiger partial charge < -0.3 is 15.1 Å². The van der Waals surface area contributed by atoms with Gasteiger partial charge in [-0.25, -0.2) is 0 Å². The number of rotatable bonds is 2. The van der Waals surface area contributed by atoms with Gasteiger partial charge in [0.15, 0.2) is 5.96 Å². The maximum Gasteiger partial charge on any atom is 0.191 e. The van der Waals surface area contributed by atoms with Crippen LogP contribution in [0, 0.1) is 0 Å². The fourth-order valence-corrected chi connectivity index (χ4v) is 1.44. The molecular weight excluding hydrogens is 178 g/mol. The molecule has 0 spiro atoms. The molecule has 14 heavy (non-hydrogen) atoms. The molecule has 1 aromatic rings. The lowest BCUT2D eigenvalue weighted by Crippen LogP contribution is -2.41. The van der Waals surface area contributed by atoms with Gasteiger partial charge in [0.05, 0.1) is 12.3 Å². The zero-order valence-electron chi connectivity index (χ0n) is 8.29. The molecule has 4 heteroatoms. The lowest BCUT2D eigenvalue weighted by molar-refractivity contribution is 0.459. The molecule has 2 N–H and O–H groups in total. The Morgan fingerprint density at radius 2 is 2.57 bits per heavy atom. The smallest absolute Gasteiger partial charge is 0.191 e. The van der Waals surface area contributed by atoms with Crippen LogP contribution in [-0.4, -0.2) is 19.0 Å². The Hall–Kier alpha value is -1.45. The fourth-order valence-electron chi connectivity index (χ4n) is 1.44. The third-order valence-electron chi connectivity index (χ3n) is 2.22. The number of furan rings is 1. The third kappa shape index (κ3) is 2.07. The van der Waals surface area contributed by atoms with Crippen LogP contribution < -0.4 is 10.6 Å². The van der Waals surface area contributed by atoms with Crippen LogP contribution >= 0.6 is 0 Å². The van der Waals surface area contributed by atoms with E-state index in [9.17, 15) is 0 Å². The standard InChI is InChI=1S/C10H15N3O/c1-8(9-4-2-7-14-9)13-10-11-5-3-6-12-10/h2,4,7-8H,3,5-6H2,1H3,(H2,11,12,13). The summed E-state index contributed by atoms with van der Waals surface area (Å²) >= 11 is 0. The van der Waals surface area contributed by atoms with Crippen LogP contribution in [0.25, 0.3) is 0 Å². The van der Waals surface area contributed by atoms with E-state index in [2.05, 4.69) is 22.5 Å². The second-order valence-corrected chi connectivity index (χ2v) is 3.39. The molecule has 76 valence electrons. The first-order chi connectivity index (χ1) is 6.86. The average molecular weight is 193 g/mol. The van der Waals surface area contributed by atoms with Gasteiger partial charge in [0, 0.05) is 13.1 Å². The molecule has 2 heterocycles. The first-order valence-electron chi connectivity index (χ1n) is 4.94. The van der Waals surface area contributed by atoms with Crippen molar-refractivity contribution in [1.29, 1.82) is 0 Å². The number of nitrogens with one attached hydrogen (secondary N) is 2. The molecule has 0 radical (unpaired) electrons. The van der Waals surface area contributed by atoms with Gasteiger partial charge in [-0.05, 0) is 25.5 Å². The normalized spacial score (nSPS) is 18.2. The van der Waals surface area contributed by atoms with Crippen molar-refractivity contribution in [2.45, 2.75) is 19.4 Å². The summed E-state index contributed by atoms with van der Waals surface area (Å²) in [6.45, 7) is 3.95. The van der Waals surface area contributed by atoms with E-state index in [4.69, 9.17) is 4.42 Å². The maximum absolute atomic E-state index is 5.29. The lowest BCUT2D eigenvalue weighted by Gasteiger charge is -2.19. The van der Waals surface area contributed by atoms with Gasteiger partial charge >= 0.3 is 0 Å². The summed E-state index contributed by atoms with van der Waals surface area (Å²) in [5, 5.41) is 6.48. The molecule has 1 atom stereocenters. The molecule has 0 amide bonds. The molecule has 4 nitrogen and oxygen atoms in total. The number of nitrogens with zero attached hydrogens (tertiary/aromatic N) is 1. The van der Waals surface area contributed by atoms with Crippen molar-refractivity contribution in [2.75, 3.05) is 13.1 Å². The molecule has 1 unspecified atom stereocenters. The molecular formula is C10H15N3O. The predicted octanol–water partition coefficient (Wildman–Crippen LogP) is 1.28. The molecule has 0 saturated heterocycles. The highest BCUT2D eigenvalue weighted by Crippen LogP contribution is 2.11. The molecule has 1 aromatic heterocycles. The summed E-state index contributed by atoms with van der Waals surface area (Å²) in [7, 11) is 0. The minimum absolute atomic E-state index is 0.161. The molecule has 1 aliphatic heterocycles. The van der Waals surface area contributed by atoms with E-state index >= 15 is 0 Å². The Balaban J connectivity index is 1.94. The first kappa shape index (κ1) is 9.12. The zero-order chi connectivity index (χ0) is 9.80. The van der Waals surface area contributed by atoms with E-state index in [-0.39, 0.29) is 6.04 Å². The van der Waals surface area contributed by atoms with Crippen molar-refractivity contribution in [3.05, 3.63) is 24.2 Å². The lowest BCUT2D eigenvalue weighted by atomic mass is 10.2. The summed E-state index contributed by atoms with van der Waals surface area (Å²) < 4.78 is 5.29. The van der Waals surface area contributed by atoms with Crippen molar-refractivity contribution in [3.8, 4) is 0 Å². The number of guanidine groups is 1. The van der Waals surface area contributed by atoms with E-state index in [1.807, 2.05) is 12.1 Å². The van der Waals surface area contributed by atoms with Crippen LogP contribution in [0.4, 0.5) is 0 Å². The van der Waals surface area contributed by atoms with Crippen LogP contribution in [-0.2, 0) is 0 Å². The Bertz CT molecular complexity index is 305. The van der Waals surface area contributed by atoms with Gasteiger partial charge in [0.2, 0.25) is 0 Å². The highest BCUT2D eigenvalue weighted by atomic mass is 16.3. The number of aliphatic imine (C=N–C) groups is 1.